The van der Waals surface area contributed by atoms with Gasteiger partial charge in [0, 0.05) is 19.6 Å². The van der Waals surface area contributed by atoms with E-state index >= 15 is 0 Å². The summed E-state index contributed by atoms with van der Waals surface area (Å²) in [4.78, 5) is 2.24. The summed E-state index contributed by atoms with van der Waals surface area (Å²) < 4.78 is 0. The number of hydrogen-bond donors (Lipinski definition) is 1. The summed E-state index contributed by atoms with van der Waals surface area (Å²) in [5, 5.41) is 0.784. The molecule has 0 saturated heterocycles. The van der Waals surface area contributed by atoms with Gasteiger partial charge in [-0.2, -0.15) is 11.8 Å². The first-order valence-electron chi connectivity index (χ1n) is 5.81. The summed E-state index contributed by atoms with van der Waals surface area (Å²) in [6.45, 7) is 2.75. The summed E-state index contributed by atoms with van der Waals surface area (Å²) in [6, 6.07) is 6.38. The molecule has 0 aliphatic rings. The number of anilines is 1. The van der Waals surface area contributed by atoms with E-state index in [1.807, 2.05) is 30.0 Å². The van der Waals surface area contributed by atoms with Crippen LogP contribution in [-0.4, -0.2) is 25.1 Å². The molecule has 0 bridgehead atoms. The van der Waals surface area contributed by atoms with Gasteiger partial charge in [-0.15, -0.1) is 0 Å². The quantitative estimate of drug-likeness (QED) is 0.861. The third kappa shape index (κ3) is 3.80. The molecular formula is C13H21ClN2S. The molecule has 1 aromatic rings. The van der Waals surface area contributed by atoms with Crippen LogP contribution in [0.25, 0.3) is 0 Å². The molecule has 0 aromatic heterocycles. The Morgan fingerprint density at radius 1 is 1.47 bits per heavy atom. The monoisotopic (exact) mass is 272 g/mol. The maximum Gasteiger partial charge on any atom is 0.0642 e. The Hall–Kier alpha value is -0.380. The van der Waals surface area contributed by atoms with E-state index in [-0.39, 0.29) is 0 Å². The van der Waals surface area contributed by atoms with Crippen molar-refractivity contribution in [1.29, 1.82) is 0 Å². The molecule has 1 rings (SSSR count). The van der Waals surface area contributed by atoms with Gasteiger partial charge in [0.1, 0.15) is 0 Å². The van der Waals surface area contributed by atoms with Crippen LogP contribution in [0.3, 0.4) is 0 Å². The fraction of sp³-hybridized carbons (Fsp3) is 0.538. The molecule has 17 heavy (non-hydrogen) atoms. The molecule has 96 valence electrons. The molecule has 0 heterocycles. The van der Waals surface area contributed by atoms with Crippen molar-refractivity contribution >= 4 is 29.1 Å². The van der Waals surface area contributed by atoms with Crippen LogP contribution in [0.1, 0.15) is 18.9 Å². The molecule has 1 aromatic carbocycles. The molecule has 1 atom stereocenters. The maximum absolute atomic E-state index is 6.28. The number of halogens is 1. The van der Waals surface area contributed by atoms with E-state index in [9.17, 15) is 0 Å². The van der Waals surface area contributed by atoms with E-state index in [1.54, 1.807) is 0 Å². The number of nitrogens with zero attached hydrogens (tertiary/aromatic N) is 1. The summed E-state index contributed by atoms with van der Waals surface area (Å²) in [5.41, 5.74) is 7.95. The van der Waals surface area contributed by atoms with Crippen LogP contribution in [0, 0.1) is 0 Å². The average molecular weight is 273 g/mol. The predicted molar refractivity (Wildman–Crippen MR) is 80.2 cm³/mol. The molecule has 0 radical (unpaired) electrons. The molecule has 0 spiro atoms. The van der Waals surface area contributed by atoms with Crippen molar-refractivity contribution < 1.29 is 0 Å². The first-order chi connectivity index (χ1) is 8.11. The Kier molecular flexibility index (Phi) is 6.17. The van der Waals surface area contributed by atoms with E-state index < -0.39 is 0 Å². The number of para-hydroxylation sites is 1. The van der Waals surface area contributed by atoms with Gasteiger partial charge in [-0.05, 0) is 37.0 Å². The molecule has 4 heteroatoms. The van der Waals surface area contributed by atoms with Crippen LogP contribution in [-0.2, 0) is 6.54 Å². The van der Waals surface area contributed by atoms with Gasteiger partial charge < -0.3 is 10.6 Å². The Bertz CT molecular complexity index is 357. The molecule has 0 fully saturated rings. The second kappa shape index (κ2) is 7.14. The van der Waals surface area contributed by atoms with Crippen LogP contribution in [0.4, 0.5) is 5.69 Å². The lowest BCUT2D eigenvalue weighted by Gasteiger charge is -2.29. The number of nitrogens with two attached hydrogens (primary N) is 1. The van der Waals surface area contributed by atoms with E-state index in [4.69, 9.17) is 17.3 Å². The zero-order valence-electron chi connectivity index (χ0n) is 10.7. The van der Waals surface area contributed by atoms with Crippen LogP contribution < -0.4 is 10.6 Å². The van der Waals surface area contributed by atoms with Gasteiger partial charge in [-0.1, -0.05) is 23.7 Å². The minimum Gasteiger partial charge on any atom is -0.370 e. The number of thioether (sulfide) groups is 1. The Labute approximate surface area is 114 Å². The third-order valence-corrected chi connectivity index (χ3v) is 3.99. The van der Waals surface area contributed by atoms with Gasteiger partial charge in [0.05, 0.1) is 10.7 Å². The normalized spacial score (nSPS) is 12.5. The topological polar surface area (TPSA) is 29.3 Å². The van der Waals surface area contributed by atoms with Crippen molar-refractivity contribution in [3.63, 3.8) is 0 Å². The standard InChI is InChI=1S/C13H21ClN2S/c1-10(7-8-17-3)16(2)13-11(9-15)5-4-6-12(13)14/h4-6,10H,7-9,15H2,1-3H3. The smallest absolute Gasteiger partial charge is 0.0642 e. The molecule has 0 aliphatic carbocycles. The summed E-state index contributed by atoms with van der Waals surface area (Å²) in [5.74, 6) is 1.16. The van der Waals surface area contributed by atoms with Crippen LogP contribution in [0.15, 0.2) is 18.2 Å². The molecule has 0 amide bonds. The highest BCUT2D eigenvalue weighted by Crippen LogP contribution is 2.30. The summed E-state index contributed by atoms with van der Waals surface area (Å²) in [7, 11) is 2.09. The van der Waals surface area contributed by atoms with Crippen LogP contribution in [0.2, 0.25) is 5.02 Å². The molecule has 2 nitrogen and oxygen atoms in total. The molecular weight excluding hydrogens is 252 g/mol. The van der Waals surface area contributed by atoms with Gasteiger partial charge in [0.2, 0.25) is 0 Å². The molecule has 0 saturated carbocycles. The van der Waals surface area contributed by atoms with Gasteiger partial charge in [-0.25, -0.2) is 0 Å². The lowest BCUT2D eigenvalue weighted by molar-refractivity contribution is 0.666. The Morgan fingerprint density at radius 3 is 2.76 bits per heavy atom. The van der Waals surface area contributed by atoms with E-state index in [0.29, 0.717) is 12.6 Å². The fourth-order valence-electron chi connectivity index (χ4n) is 1.82. The number of rotatable bonds is 6. The fourth-order valence-corrected chi connectivity index (χ4v) is 2.73. The molecule has 2 N–H and O–H groups in total. The highest BCUT2D eigenvalue weighted by atomic mass is 35.5. The van der Waals surface area contributed by atoms with E-state index in [1.165, 1.54) is 0 Å². The first kappa shape index (κ1) is 14.7. The van der Waals surface area contributed by atoms with Crippen molar-refractivity contribution in [3.8, 4) is 0 Å². The predicted octanol–water partition coefficient (Wildman–Crippen LogP) is 3.38. The Morgan fingerprint density at radius 2 is 2.18 bits per heavy atom. The number of hydrogen-bond acceptors (Lipinski definition) is 3. The largest absolute Gasteiger partial charge is 0.370 e. The lowest BCUT2D eigenvalue weighted by atomic mass is 10.1. The highest BCUT2D eigenvalue weighted by molar-refractivity contribution is 7.98. The van der Waals surface area contributed by atoms with Crippen molar-refractivity contribution in [1.82, 2.24) is 0 Å². The second-order valence-electron chi connectivity index (χ2n) is 4.19. The minimum atomic E-state index is 0.465. The number of benzene rings is 1. The highest BCUT2D eigenvalue weighted by Gasteiger charge is 2.15. The van der Waals surface area contributed by atoms with E-state index in [0.717, 1.165) is 28.4 Å². The van der Waals surface area contributed by atoms with Gasteiger partial charge in [-0.3, -0.25) is 0 Å². The average Bonchev–Trinajstić information content (AvgIpc) is 2.34. The molecule has 1 unspecified atom stereocenters. The first-order valence-corrected chi connectivity index (χ1v) is 7.58. The third-order valence-electron chi connectivity index (χ3n) is 3.04. The molecule has 0 aliphatic heterocycles. The summed E-state index contributed by atoms with van der Waals surface area (Å²) in [6.07, 6.45) is 3.28. The van der Waals surface area contributed by atoms with Gasteiger partial charge in [0.25, 0.3) is 0 Å². The summed E-state index contributed by atoms with van der Waals surface area (Å²) >= 11 is 8.15. The SMILES string of the molecule is CSCCC(C)N(C)c1c(Cl)cccc1CN. The second-order valence-corrected chi connectivity index (χ2v) is 5.59. The van der Waals surface area contributed by atoms with Crippen LogP contribution in [0.5, 0.6) is 0 Å². The van der Waals surface area contributed by atoms with Crippen molar-refractivity contribution in [2.75, 3.05) is 24.0 Å². The van der Waals surface area contributed by atoms with Crippen molar-refractivity contribution in [2.24, 2.45) is 5.73 Å². The zero-order valence-corrected chi connectivity index (χ0v) is 12.3. The van der Waals surface area contributed by atoms with Crippen LogP contribution >= 0.6 is 23.4 Å². The van der Waals surface area contributed by atoms with Gasteiger partial charge >= 0.3 is 0 Å². The minimum absolute atomic E-state index is 0.465. The zero-order chi connectivity index (χ0) is 12.8. The Balaban J connectivity index is 2.90. The van der Waals surface area contributed by atoms with E-state index in [2.05, 4.69) is 25.1 Å². The van der Waals surface area contributed by atoms with Gasteiger partial charge in [0.15, 0.2) is 0 Å². The maximum atomic E-state index is 6.28. The van der Waals surface area contributed by atoms with Crippen molar-refractivity contribution in [3.05, 3.63) is 28.8 Å². The lowest BCUT2D eigenvalue weighted by Crippen LogP contribution is -2.30. The van der Waals surface area contributed by atoms with Crippen molar-refractivity contribution in [2.45, 2.75) is 25.9 Å².